The Bertz CT molecular complexity index is 936. The summed E-state index contributed by atoms with van der Waals surface area (Å²) in [6.07, 6.45) is 1.36. The molecule has 0 spiro atoms. The van der Waals surface area contributed by atoms with E-state index in [0.29, 0.717) is 24.7 Å². The third kappa shape index (κ3) is 3.85. The fourth-order valence-electron chi connectivity index (χ4n) is 3.18. The molecule has 144 valence electrons. The van der Waals surface area contributed by atoms with E-state index in [1.165, 1.54) is 36.7 Å². The number of halogens is 3. The van der Waals surface area contributed by atoms with Crippen molar-refractivity contribution < 1.29 is 13.2 Å². The molecule has 5 nitrogen and oxygen atoms in total. The molecule has 0 unspecified atom stereocenters. The Morgan fingerprint density at radius 3 is 2.11 bits per heavy atom. The third-order valence-corrected chi connectivity index (χ3v) is 4.66. The minimum atomic E-state index is -0.687. The third-order valence-electron chi connectivity index (χ3n) is 4.66. The maximum absolute atomic E-state index is 13.8. The van der Waals surface area contributed by atoms with Crippen LogP contribution in [0.1, 0.15) is 0 Å². The minimum absolute atomic E-state index is 0.242. The van der Waals surface area contributed by atoms with Gasteiger partial charge in [0.1, 0.15) is 41.1 Å². The van der Waals surface area contributed by atoms with Crippen LogP contribution in [-0.4, -0.2) is 36.1 Å². The average Bonchev–Trinajstić information content (AvgIpc) is 2.72. The maximum Gasteiger partial charge on any atom is 0.149 e. The topological polar surface area (TPSA) is 44.3 Å². The Kier molecular flexibility index (Phi) is 5.01. The van der Waals surface area contributed by atoms with Gasteiger partial charge in [-0.2, -0.15) is 0 Å². The van der Waals surface area contributed by atoms with Crippen LogP contribution in [0, 0.1) is 17.5 Å². The van der Waals surface area contributed by atoms with Gasteiger partial charge in [-0.05, 0) is 36.4 Å². The van der Waals surface area contributed by atoms with Crippen LogP contribution in [0.3, 0.4) is 0 Å². The van der Waals surface area contributed by atoms with E-state index in [1.54, 1.807) is 18.2 Å². The van der Waals surface area contributed by atoms with E-state index in [9.17, 15) is 13.2 Å². The van der Waals surface area contributed by atoms with Gasteiger partial charge >= 0.3 is 0 Å². The molecule has 0 radical (unpaired) electrons. The predicted octanol–water partition coefficient (Wildman–Crippen LogP) is 3.96. The molecule has 1 aliphatic heterocycles. The van der Waals surface area contributed by atoms with Crippen molar-refractivity contribution in [3.63, 3.8) is 0 Å². The van der Waals surface area contributed by atoms with Gasteiger partial charge in [-0.3, -0.25) is 0 Å². The Labute approximate surface area is 160 Å². The van der Waals surface area contributed by atoms with E-state index in [1.807, 2.05) is 0 Å². The molecule has 2 heterocycles. The molecule has 3 aromatic rings. The number of nitrogens with one attached hydrogen (secondary N) is 1. The average molecular weight is 385 g/mol. The molecule has 2 aromatic carbocycles. The van der Waals surface area contributed by atoms with Crippen molar-refractivity contribution in [2.75, 3.05) is 41.3 Å². The molecule has 1 aromatic heterocycles. The van der Waals surface area contributed by atoms with Crippen LogP contribution in [-0.2, 0) is 0 Å². The number of aromatic nitrogens is 2. The molecule has 8 heteroatoms. The lowest BCUT2D eigenvalue weighted by Crippen LogP contribution is -2.46. The van der Waals surface area contributed by atoms with E-state index in [4.69, 9.17) is 0 Å². The first kappa shape index (κ1) is 18.1. The molecule has 0 bridgehead atoms. The molecule has 1 N–H and O–H groups in total. The van der Waals surface area contributed by atoms with Crippen LogP contribution >= 0.6 is 0 Å². The zero-order chi connectivity index (χ0) is 19.5. The van der Waals surface area contributed by atoms with Crippen LogP contribution in [0.15, 0.2) is 54.9 Å². The van der Waals surface area contributed by atoms with Gasteiger partial charge in [-0.15, -0.1) is 0 Å². The highest BCUT2D eigenvalue weighted by Gasteiger charge is 2.19. The second-order valence-corrected chi connectivity index (χ2v) is 6.43. The van der Waals surface area contributed by atoms with Crippen LogP contribution in [0.2, 0.25) is 0 Å². The molecule has 28 heavy (non-hydrogen) atoms. The first-order valence-corrected chi connectivity index (χ1v) is 8.89. The zero-order valence-electron chi connectivity index (χ0n) is 14.9. The Balaban J connectivity index is 1.44. The van der Waals surface area contributed by atoms with Crippen molar-refractivity contribution in [2.24, 2.45) is 0 Å². The molecule has 0 saturated carbocycles. The number of hydrogen-bond donors (Lipinski definition) is 1. The van der Waals surface area contributed by atoms with Gasteiger partial charge in [-0.1, -0.05) is 6.07 Å². The van der Waals surface area contributed by atoms with E-state index in [-0.39, 0.29) is 11.5 Å². The van der Waals surface area contributed by atoms with Crippen molar-refractivity contribution in [2.45, 2.75) is 0 Å². The lowest BCUT2D eigenvalue weighted by molar-refractivity contribution is 0.590. The number of hydrogen-bond acceptors (Lipinski definition) is 5. The molecule has 0 atom stereocenters. The predicted molar refractivity (Wildman–Crippen MR) is 102 cm³/mol. The molecule has 0 aliphatic carbocycles. The zero-order valence-corrected chi connectivity index (χ0v) is 14.9. The van der Waals surface area contributed by atoms with Crippen molar-refractivity contribution in [3.8, 4) is 0 Å². The monoisotopic (exact) mass is 385 g/mol. The van der Waals surface area contributed by atoms with E-state index < -0.39 is 11.6 Å². The van der Waals surface area contributed by atoms with Crippen LogP contribution in [0.25, 0.3) is 0 Å². The van der Waals surface area contributed by atoms with Gasteiger partial charge in [0, 0.05) is 37.9 Å². The summed E-state index contributed by atoms with van der Waals surface area (Å²) >= 11 is 0. The summed E-state index contributed by atoms with van der Waals surface area (Å²) in [6, 6.07) is 11.8. The summed E-state index contributed by atoms with van der Waals surface area (Å²) < 4.78 is 40.8. The summed E-state index contributed by atoms with van der Waals surface area (Å²) in [6.45, 7) is 2.92. The largest absolute Gasteiger partial charge is 0.368 e. The number of para-hydroxylation sites is 1. The summed E-state index contributed by atoms with van der Waals surface area (Å²) in [5.41, 5.74) is 0.731. The van der Waals surface area contributed by atoms with E-state index >= 15 is 0 Å². The van der Waals surface area contributed by atoms with Gasteiger partial charge in [0.25, 0.3) is 0 Å². The maximum atomic E-state index is 13.8. The second-order valence-electron chi connectivity index (χ2n) is 6.43. The van der Waals surface area contributed by atoms with Crippen molar-refractivity contribution >= 4 is 23.0 Å². The highest BCUT2D eigenvalue weighted by molar-refractivity contribution is 5.61. The first-order chi connectivity index (χ1) is 13.6. The highest BCUT2D eigenvalue weighted by Crippen LogP contribution is 2.25. The Hall–Kier alpha value is -3.29. The highest BCUT2D eigenvalue weighted by atomic mass is 19.1. The number of rotatable bonds is 4. The van der Waals surface area contributed by atoms with Gasteiger partial charge in [-0.25, -0.2) is 23.1 Å². The SMILES string of the molecule is Fc1ccc(N2CCN(c3cc(Nc4c(F)cccc4F)ncn3)CC2)cc1. The smallest absolute Gasteiger partial charge is 0.149 e. The van der Waals surface area contributed by atoms with Crippen molar-refractivity contribution in [1.29, 1.82) is 0 Å². The van der Waals surface area contributed by atoms with Gasteiger partial charge in [0.2, 0.25) is 0 Å². The van der Waals surface area contributed by atoms with E-state index in [0.717, 1.165) is 18.8 Å². The standard InChI is InChI=1S/C20H18F3N5/c21-14-4-6-15(7-5-14)27-8-10-28(11-9-27)19-12-18(24-13-25-19)26-20-16(22)2-1-3-17(20)23/h1-7,12-13H,8-11H2,(H,24,25,26). The lowest BCUT2D eigenvalue weighted by Gasteiger charge is -2.36. The molecule has 1 saturated heterocycles. The quantitative estimate of drug-likeness (QED) is 0.736. The molecule has 1 aliphatic rings. The van der Waals surface area contributed by atoms with Crippen LogP contribution < -0.4 is 15.1 Å². The summed E-state index contributed by atoms with van der Waals surface area (Å²) in [5, 5.41) is 2.69. The number of piperazine rings is 1. The molecule has 1 fully saturated rings. The fraction of sp³-hybridized carbons (Fsp3) is 0.200. The minimum Gasteiger partial charge on any atom is -0.368 e. The lowest BCUT2D eigenvalue weighted by atomic mass is 10.2. The van der Waals surface area contributed by atoms with Crippen LogP contribution in [0.4, 0.5) is 36.2 Å². The van der Waals surface area contributed by atoms with Gasteiger partial charge < -0.3 is 15.1 Å². The number of nitrogens with zero attached hydrogens (tertiary/aromatic N) is 4. The van der Waals surface area contributed by atoms with Crippen molar-refractivity contribution in [1.82, 2.24) is 9.97 Å². The Morgan fingerprint density at radius 2 is 1.43 bits per heavy atom. The normalized spacial score (nSPS) is 14.2. The van der Waals surface area contributed by atoms with Crippen LogP contribution in [0.5, 0.6) is 0 Å². The molecule has 4 rings (SSSR count). The number of benzene rings is 2. The molecular weight excluding hydrogens is 367 g/mol. The molecule has 0 amide bonds. The second kappa shape index (κ2) is 7.75. The fourth-order valence-corrected chi connectivity index (χ4v) is 3.18. The number of anilines is 4. The summed E-state index contributed by atoms with van der Waals surface area (Å²) in [5.74, 6) is -0.640. The van der Waals surface area contributed by atoms with Gasteiger partial charge in [0.05, 0.1) is 0 Å². The Morgan fingerprint density at radius 1 is 0.786 bits per heavy atom. The van der Waals surface area contributed by atoms with E-state index in [2.05, 4.69) is 25.1 Å². The van der Waals surface area contributed by atoms with Crippen molar-refractivity contribution in [3.05, 3.63) is 72.3 Å². The first-order valence-electron chi connectivity index (χ1n) is 8.89. The molecular formula is C20H18F3N5. The summed E-state index contributed by atoms with van der Waals surface area (Å²) in [7, 11) is 0. The van der Waals surface area contributed by atoms with Gasteiger partial charge in [0.15, 0.2) is 0 Å². The summed E-state index contributed by atoms with van der Waals surface area (Å²) in [4.78, 5) is 12.6.